The minimum atomic E-state index is -3.83. The first-order valence-corrected chi connectivity index (χ1v) is 12.2. The van der Waals surface area contributed by atoms with Crippen molar-refractivity contribution < 1.29 is 22.0 Å². The van der Waals surface area contributed by atoms with Gasteiger partial charge in [-0.3, -0.25) is 9.10 Å². The number of sulfonamides is 1. The Morgan fingerprint density at radius 3 is 2.36 bits per heavy atom. The highest BCUT2D eigenvalue weighted by Gasteiger charge is 2.23. The smallest absolute Gasteiger partial charge is 0.279 e. The van der Waals surface area contributed by atoms with Crippen molar-refractivity contribution in [3.8, 4) is 0 Å². The average Bonchev–Trinajstić information content (AvgIpc) is 3.09. The first kappa shape index (κ1) is 22.8. The summed E-state index contributed by atoms with van der Waals surface area (Å²) in [7, 11) is -2.29. The van der Waals surface area contributed by atoms with E-state index in [0.717, 1.165) is 17.4 Å². The maximum Gasteiger partial charge on any atom is 0.279 e. The third-order valence-electron chi connectivity index (χ3n) is 5.03. The highest BCUT2D eigenvalue weighted by Crippen LogP contribution is 2.24. The number of nitrogens with zero attached hydrogens (tertiary/aromatic N) is 3. The number of carbonyl (C=O) groups excluding carboxylic acids is 1. The third-order valence-corrected chi connectivity index (χ3v) is 8.03. The number of rotatable bonds is 5. The predicted octanol–water partition coefficient (Wildman–Crippen LogP) is 4.47. The molecule has 0 unspecified atom stereocenters. The van der Waals surface area contributed by atoms with Crippen LogP contribution in [-0.2, 0) is 17.1 Å². The number of aromatic nitrogens is 1. The van der Waals surface area contributed by atoms with Crippen molar-refractivity contribution in [2.45, 2.75) is 11.8 Å². The zero-order valence-corrected chi connectivity index (χ0v) is 19.3. The topological polar surface area (TPSA) is 71.7 Å². The van der Waals surface area contributed by atoms with Crippen molar-refractivity contribution in [2.75, 3.05) is 10.8 Å². The monoisotopic (exact) mass is 487 g/mol. The molecular weight excluding hydrogens is 468 g/mol. The standard InChI is InChI=1S/C23H19F2N3O3S2/c1-3-28(17-7-5-4-6-8-17)33(30,31)18-11-9-15(10-12-18)22(29)26-23-27(2)21-19(25)13-16(24)14-20(21)32-23/h4-14H,3H2,1-2H3. The lowest BCUT2D eigenvalue weighted by molar-refractivity contribution is 0.0998. The number of halogens is 2. The van der Waals surface area contributed by atoms with Gasteiger partial charge in [-0.15, -0.1) is 0 Å². The van der Waals surface area contributed by atoms with Gasteiger partial charge in [-0.1, -0.05) is 29.5 Å². The van der Waals surface area contributed by atoms with E-state index in [2.05, 4.69) is 4.99 Å². The lowest BCUT2D eigenvalue weighted by Gasteiger charge is -2.22. The maximum absolute atomic E-state index is 14.1. The number of hydrogen-bond donors (Lipinski definition) is 0. The van der Waals surface area contributed by atoms with Gasteiger partial charge >= 0.3 is 0 Å². The molecule has 1 amide bonds. The number of fused-ring (bicyclic) bond motifs is 1. The van der Waals surface area contributed by atoms with E-state index in [0.29, 0.717) is 10.4 Å². The van der Waals surface area contributed by atoms with Crippen molar-refractivity contribution in [3.63, 3.8) is 0 Å². The van der Waals surface area contributed by atoms with Gasteiger partial charge in [-0.05, 0) is 49.4 Å². The summed E-state index contributed by atoms with van der Waals surface area (Å²) in [6, 6.07) is 16.1. The van der Waals surface area contributed by atoms with Crippen molar-refractivity contribution in [3.05, 3.63) is 88.7 Å². The number of aryl methyl sites for hydroxylation is 1. The van der Waals surface area contributed by atoms with Crippen LogP contribution in [0.15, 0.2) is 76.6 Å². The molecule has 6 nitrogen and oxygen atoms in total. The molecule has 33 heavy (non-hydrogen) atoms. The van der Waals surface area contributed by atoms with E-state index in [1.54, 1.807) is 37.3 Å². The minimum absolute atomic E-state index is 0.0368. The summed E-state index contributed by atoms with van der Waals surface area (Å²) >= 11 is 0.980. The number of thiazole rings is 1. The lowest BCUT2D eigenvalue weighted by Crippen LogP contribution is -2.30. The molecule has 1 heterocycles. The van der Waals surface area contributed by atoms with Crippen LogP contribution in [0.2, 0.25) is 0 Å². The highest BCUT2D eigenvalue weighted by atomic mass is 32.2. The van der Waals surface area contributed by atoms with E-state index in [1.807, 2.05) is 0 Å². The van der Waals surface area contributed by atoms with Gasteiger partial charge in [0, 0.05) is 25.2 Å². The molecule has 1 aromatic heterocycles. The Hall–Kier alpha value is -3.37. The number of carbonyl (C=O) groups is 1. The van der Waals surface area contributed by atoms with Gasteiger partial charge in [0.1, 0.15) is 5.82 Å². The molecule has 0 radical (unpaired) electrons. The van der Waals surface area contributed by atoms with Gasteiger partial charge in [0.2, 0.25) is 0 Å². The number of benzene rings is 3. The SMILES string of the molecule is CCN(c1ccccc1)S(=O)(=O)c1ccc(C(=O)N=c2sc3cc(F)cc(F)c3n2C)cc1. The molecule has 0 saturated heterocycles. The molecule has 0 aliphatic rings. The van der Waals surface area contributed by atoms with Crippen LogP contribution in [0.25, 0.3) is 10.2 Å². The van der Waals surface area contributed by atoms with Crippen molar-refractivity contribution in [2.24, 2.45) is 12.0 Å². The molecule has 3 aromatic carbocycles. The van der Waals surface area contributed by atoms with E-state index >= 15 is 0 Å². The summed E-state index contributed by atoms with van der Waals surface area (Å²) < 4.78 is 56.8. The molecule has 10 heteroatoms. The molecule has 4 aromatic rings. The lowest BCUT2D eigenvalue weighted by atomic mass is 10.2. The predicted molar refractivity (Wildman–Crippen MR) is 124 cm³/mol. The van der Waals surface area contributed by atoms with Crippen LogP contribution in [-0.4, -0.2) is 25.4 Å². The van der Waals surface area contributed by atoms with Gasteiger partial charge in [-0.2, -0.15) is 4.99 Å². The van der Waals surface area contributed by atoms with Crippen LogP contribution in [0.3, 0.4) is 0 Å². The van der Waals surface area contributed by atoms with Crippen molar-refractivity contribution >= 4 is 43.2 Å². The Balaban J connectivity index is 1.66. The van der Waals surface area contributed by atoms with Gasteiger partial charge in [0.25, 0.3) is 15.9 Å². The fraction of sp³-hybridized carbons (Fsp3) is 0.130. The highest BCUT2D eigenvalue weighted by molar-refractivity contribution is 7.92. The van der Waals surface area contributed by atoms with E-state index < -0.39 is 27.6 Å². The van der Waals surface area contributed by atoms with Gasteiger partial charge in [-0.25, -0.2) is 17.2 Å². The van der Waals surface area contributed by atoms with Crippen LogP contribution in [0.5, 0.6) is 0 Å². The second kappa shape index (κ2) is 8.87. The Kier molecular flexibility index (Phi) is 6.13. The summed E-state index contributed by atoms with van der Waals surface area (Å²) in [6.45, 7) is 1.98. The largest absolute Gasteiger partial charge is 0.317 e. The second-order valence-corrected chi connectivity index (χ2v) is 10.00. The molecule has 0 N–H and O–H groups in total. The molecule has 0 saturated carbocycles. The molecule has 0 aliphatic carbocycles. The summed E-state index contributed by atoms with van der Waals surface area (Å²) in [5.74, 6) is -2.09. The minimum Gasteiger partial charge on any atom is -0.317 e. The van der Waals surface area contributed by atoms with E-state index in [4.69, 9.17) is 0 Å². The number of anilines is 1. The first-order chi connectivity index (χ1) is 15.7. The molecule has 4 rings (SSSR count). The number of para-hydroxylation sites is 1. The van der Waals surface area contributed by atoms with Crippen LogP contribution in [0.4, 0.5) is 14.5 Å². The van der Waals surface area contributed by atoms with Gasteiger partial charge in [0.15, 0.2) is 10.6 Å². The molecule has 0 spiro atoms. The van der Waals surface area contributed by atoms with Crippen LogP contribution in [0.1, 0.15) is 17.3 Å². The van der Waals surface area contributed by atoms with Crippen molar-refractivity contribution in [1.82, 2.24) is 4.57 Å². The van der Waals surface area contributed by atoms with E-state index in [-0.39, 0.29) is 27.3 Å². The Bertz CT molecular complexity index is 1510. The summed E-state index contributed by atoms with van der Waals surface area (Å²) in [6.07, 6.45) is 0. The summed E-state index contributed by atoms with van der Waals surface area (Å²) in [5.41, 5.74) is 0.854. The number of amides is 1. The fourth-order valence-corrected chi connectivity index (χ4v) is 5.97. The van der Waals surface area contributed by atoms with Gasteiger partial charge in [0.05, 0.1) is 20.8 Å². The Labute approximate surface area is 193 Å². The maximum atomic E-state index is 14.1. The summed E-state index contributed by atoms with van der Waals surface area (Å²) in [4.78, 5) is 16.9. The van der Waals surface area contributed by atoms with E-state index in [1.165, 1.54) is 46.3 Å². The Morgan fingerprint density at radius 2 is 1.73 bits per heavy atom. The molecular formula is C23H19F2N3O3S2. The van der Waals surface area contributed by atoms with Crippen molar-refractivity contribution in [1.29, 1.82) is 0 Å². The van der Waals surface area contributed by atoms with Crippen LogP contribution in [0, 0.1) is 11.6 Å². The second-order valence-electron chi connectivity index (χ2n) is 7.12. The van der Waals surface area contributed by atoms with Gasteiger partial charge < -0.3 is 4.57 Å². The normalized spacial score (nSPS) is 12.3. The molecule has 0 atom stereocenters. The zero-order valence-electron chi connectivity index (χ0n) is 17.7. The summed E-state index contributed by atoms with van der Waals surface area (Å²) in [5, 5.41) is 0. The zero-order chi connectivity index (χ0) is 23.8. The fourth-order valence-electron chi connectivity index (χ4n) is 3.44. The van der Waals surface area contributed by atoms with E-state index in [9.17, 15) is 22.0 Å². The molecule has 170 valence electrons. The first-order valence-electron chi connectivity index (χ1n) is 9.94. The third kappa shape index (κ3) is 4.31. The Morgan fingerprint density at radius 1 is 1.06 bits per heavy atom. The van der Waals surface area contributed by atoms with Crippen LogP contribution >= 0.6 is 11.3 Å². The average molecular weight is 488 g/mol. The number of hydrogen-bond acceptors (Lipinski definition) is 4. The molecule has 0 aliphatic heterocycles. The van der Waals surface area contributed by atoms with Crippen LogP contribution < -0.4 is 9.11 Å². The molecule has 0 fully saturated rings. The quantitative estimate of drug-likeness (QED) is 0.417. The molecule has 0 bridgehead atoms.